The summed E-state index contributed by atoms with van der Waals surface area (Å²) in [4.78, 5) is 4.63. The predicted octanol–water partition coefficient (Wildman–Crippen LogP) is 2.25. The zero-order chi connectivity index (χ0) is 13.7. The number of halogens is 1. The molecule has 0 atom stereocenters. The van der Waals surface area contributed by atoms with Crippen molar-refractivity contribution in [2.45, 2.75) is 13.3 Å². The second kappa shape index (κ2) is 3.92. The Morgan fingerprint density at radius 3 is 2.63 bits per heavy atom. The van der Waals surface area contributed by atoms with Crippen molar-refractivity contribution >= 4 is 35.0 Å². The van der Waals surface area contributed by atoms with E-state index in [9.17, 15) is 4.39 Å². The van der Waals surface area contributed by atoms with Crippen LogP contribution in [0.5, 0.6) is 0 Å². The average Bonchev–Trinajstić information content (AvgIpc) is 2.73. The number of hydrogen-bond acceptors (Lipinski definition) is 1. The molecule has 96 valence electrons. The van der Waals surface area contributed by atoms with Crippen LogP contribution in [0.2, 0.25) is 0 Å². The van der Waals surface area contributed by atoms with Gasteiger partial charge < -0.3 is 4.57 Å². The van der Waals surface area contributed by atoms with Crippen LogP contribution in [0.4, 0.5) is 4.39 Å². The number of imidazole rings is 1. The summed E-state index contributed by atoms with van der Waals surface area (Å²) in [6.07, 6.45) is 0.847. The molecule has 0 aliphatic carbocycles. The number of nitrogens with zero attached hydrogens (tertiary/aromatic N) is 2. The van der Waals surface area contributed by atoms with E-state index in [1.807, 2.05) is 7.05 Å². The molecule has 2 nitrogen and oxygen atoms in total. The van der Waals surface area contributed by atoms with Crippen molar-refractivity contribution in [2.75, 3.05) is 0 Å². The number of aryl methyl sites for hydroxylation is 2. The van der Waals surface area contributed by atoms with E-state index in [1.54, 1.807) is 6.07 Å². The lowest BCUT2D eigenvalue weighted by atomic mass is 10.0. The highest BCUT2D eigenvalue weighted by molar-refractivity contribution is 6.05. The molecule has 2 aromatic carbocycles. The quantitative estimate of drug-likeness (QED) is 0.651. The predicted molar refractivity (Wildman–Crippen MR) is 77.9 cm³/mol. The van der Waals surface area contributed by atoms with Crippen molar-refractivity contribution in [2.24, 2.45) is 7.05 Å². The molecule has 0 unspecified atom stereocenters. The van der Waals surface area contributed by atoms with Gasteiger partial charge in [0.2, 0.25) is 0 Å². The van der Waals surface area contributed by atoms with E-state index in [2.05, 4.69) is 29.6 Å². The molecule has 0 aliphatic rings. The third-order valence-electron chi connectivity index (χ3n) is 3.72. The molecule has 1 aromatic heterocycles. The third-order valence-corrected chi connectivity index (χ3v) is 3.72. The maximum atomic E-state index is 13.4. The van der Waals surface area contributed by atoms with Crippen LogP contribution in [-0.2, 0) is 13.5 Å². The van der Waals surface area contributed by atoms with E-state index in [1.165, 1.54) is 12.1 Å². The van der Waals surface area contributed by atoms with Crippen molar-refractivity contribution in [1.82, 2.24) is 9.55 Å². The molecule has 3 heteroatoms. The fourth-order valence-electron chi connectivity index (χ4n) is 2.66. The first kappa shape index (κ1) is 11.9. The highest BCUT2D eigenvalue weighted by Gasteiger charge is 2.12. The largest absolute Gasteiger partial charge is 0.331 e. The van der Waals surface area contributed by atoms with Gasteiger partial charge >= 0.3 is 0 Å². The molecule has 0 bridgehead atoms. The first-order valence-electron chi connectivity index (χ1n) is 6.29. The summed E-state index contributed by atoms with van der Waals surface area (Å²) >= 11 is 0. The number of hydrogen-bond donors (Lipinski definition) is 0. The third kappa shape index (κ3) is 1.51. The van der Waals surface area contributed by atoms with Crippen molar-refractivity contribution in [3.8, 4) is 0 Å². The number of fused-ring (bicyclic) bond motifs is 3. The smallest absolute Gasteiger partial charge is 0.123 e. The van der Waals surface area contributed by atoms with Crippen LogP contribution >= 0.6 is 0 Å². The Balaban J connectivity index is 2.70. The molecule has 0 spiro atoms. The van der Waals surface area contributed by atoms with E-state index in [-0.39, 0.29) is 5.82 Å². The highest BCUT2D eigenvalue weighted by atomic mass is 19.1. The van der Waals surface area contributed by atoms with E-state index in [0.29, 0.717) is 0 Å². The number of aromatic nitrogens is 2. The Morgan fingerprint density at radius 2 is 1.95 bits per heavy atom. The van der Waals surface area contributed by atoms with Crippen LogP contribution in [0.1, 0.15) is 12.7 Å². The summed E-state index contributed by atoms with van der Waals surface area (Å²) in [7, 11) is 1.99. The van der Waals surface area contributed by atoms with Crippen molar-refractivity contribution in [3.63, 3.8) is 0 Å². The molecule has 0 saturated heterocycles. The molecule has 1 heterocycles. The monoisotopic (exact) mass is 254 g/mol. The fraction of sp³-hybridized carbons (Fsp3) is 0.188. The van der Waals surface area contributed by atoms with Crippen LogP contribution in [-0.4, -0.2) is 9.55 Å². The molecular formula is C16H15FN2. The molecular weight excluding hydrogens is 239 g/mol. The molecule has 19 heavy (non-hydrogen) atoms. The van der Waals surface area contributed by atoms with Crippen LogP contribution < -0.4 is 10.4 Å². The van der Waals surface area contributed by atoms with Gasteiger partial charge in [0.25, 0.3) is 0 Å². The molecule has 0 amide bonds. The normalized spacial score (nSPS) is 11.5. The summed E-state index contributed by atoms with van der Waals surface area (Å²) in [5, 5.41) is 3.32. The topological polar surface area (TPSA) is 17.8 Å². The van der Waals surface area contributed by atoms with Gasteiger partial charge in [-0.3, -0.25) is 0 Å². The Kier molecular flexibility index (Phi) is 2.45. The molecule has 0 fully saturated rings. The van der Waals surface area contributed by atoms with Gasteiger partial charge in [-0.1, -0.05) is 20.1 Å². The van der Waals surface area contributed by atoms with Crippen LogP contribution in [0.25, 0.3) is 35.0 Å². The van der Waals surface area contributed by atoms with Crippen molar-refractivity contribution in [3.05, 3.63) is 40.3 Å². The SMILES string of the molecule is C=c1c(=C)c2nc(CC)n(C)c2c2ccc(F)cc12. The van der Waals surface area contributed by atoms with Crippen molar-refractivity contribution < 1.29 is 4.39 Å². The second-order valence-electron chi connectivity index (χ2n) is 4.78. The van der Waals surface area contributed by atoms with Gasteiger partial charge in [0, 0.05) is 24.1 Å². The van der Waals surface area contributed by atoms with Crippen LogP contribution in [0.3, 0.4) is 0 Å². The highest BCUT2D eigenvalue weighted by Crippen LogP contribution is 2.21. The summed E-state index contributed by atoms with van der Waals surface area (Å²) in [5.74, 6) is 0.741. The minimum absolute atomic E-state index is 0.256. The molecule has 0 aliphatic heterocycles. The summed E-state index contributed by atoms with van der Waals surface area (Å²) in [6, 6.07) is 4.79. The van der Waals surface area contributed by atoms with E-state index in [0.717, 1.165) is 44.5 Å². The van der Waals surface area contributed by atoms with Gasteiger partial charge in [0.1, 0.15) is 11.6 Å². The van der Waals surface area contributed by atoms with Gasteiger partial charge in [-0.15, -0.1) is 0 Å². The minimum Gasteiger partial charge on any atom is -0.331 e. The lowest BCUT2D eigenvalue weighted by molar-refractivity contribution is 0.629. The molecule has 3 rings (SSSR count). The fourth-order valence-corrected chi connectivity index (χ4v) is 2.66. The Morgan fingerprint density at radius 1 is 1.21 bits per heavy atom. The van der Waals surface area contributed by atoms with E-state index >= 15 is 0 Å². The summed E-state index contributed by atoms with van der Waals surface area (Å²) in [6.45, 7) is 10.1. The number of rotatable bonds is 1. The van der Waals surface area contributed by atoms with Crippen LogP contribution in [0, 0.1) is 5.82 Å². The Bertz CT molecular complexity index is 906. The molecule has 0 N–H and O–H groups in total. The zero-order valence-corrected chi connectivity index (χ0v) is 11.1. The standard InChI is InChI=1S/C16H15FN2/c1-5-14-18-15-10(3)9(2)13-8-11(17)6-7-12(13)16(15)19(14)4/h6-8H,2-3,5H2,1,4H3. The van der Waals surface area contributed by atoms with E-state index in [4.69, 9.17) is 0 Å². The lowest BCUT2D eigenvalue weighted by Crippen LogP contribution is -2.23. The van der Waals surface area contributed by atoms with Crippen LogP contribution in [0.15, 0.2) is 18.2 Å². The van der Waals surface area contributed by atoms with Gasteiger partial charge in [0.15, 0.2) is 0 Å². The average molecular weight is 254 g/mol. The van der Waals surface area contributed by atoms with Gasteiger partial charge in [-0.2, -0.15) is 0 Å². The first-order chi connectivity index (χ1) is 9.04. The lowest BCUT2D eigenvalue weighted by Gasteiger charge is -2.05. The Hall–Kier alpha value is -2.16. The maximum Gasteiger partial charge on any atom is 0.123 e. The molecule has 0 radical (unpaired) electrons. The molecule has 0 saturated carbocycles. The summed E-state index contributed by atoms with van der Waals surface area (Å²) in [5.41, 5.74) is 1.87. The first-order valence-corrected chi connectivity index (χ1v) is 6.29. The van der Waals surface area contributed by atoms with E-state index < -0.39 is 0 Å². The maximum absolute atomic E-state index is 13.4. The van der Waals surface area contributed by atoms with Gasteiger partial charge in [0.05, 0.1) is 11.0 Å². The zero-order valence-electron chi connectivity index (χ0n) is 11.1. The van der Waals surface area contributed by atoms with Crippen molar-refractivity contribution in [1.29, 1.82) is 0 Å². The molecule has 3 aromatic rings. The number of benzene rings is 2. The Labute approximate surface area is 110 Å². The second-order valence-corrected chi connectivity index (χ2v) is 4.78. The summed E-state index contributed by atoms with van der Waals surface area (Å²) < 4.78 is 15.5. The van der Waals surface area contributed by atoms with Gasteiger partial charge in [-0.25, -0.2) is 9.37 Å². The minimum atomic E-state index is -0.256. The van der Waals surface area contributed by atoms with Gasteiger partial charge in [-0.05, 0) is 28.8 Å².